The van der Waals surface area contributed by atoms with Crippen LogP contribution in [0, 0.1) is 0 Å². The molecule has 2 heterocycles. The summed E-state index contributed by atoms with van der Waals surface area (Å²) < 4.78 is 1.84. The molecule has 1 fully saturated rings. The standard InChI is InChI=1S/C11H16N4O3S/c1-8-15(9(6-19-8)10(16)17)11(18)13-3-5-14-4-2-12-7-14/h2,4,7-9H,3,5-6H2,1H3,(H,13,18)(H,16,17). The van der Waals surface area contributed by atoms with Crippen LogP contribution in [0.2, 0.25) is 0 Å². The van der Waals surface area contributed by atoms with Gasteiger partial charge in [0.25, 0.3) is 0 Å². The lowest BCUT2D eigenvalue weighted by Gasteiger charge is -2.25. The molecule has 0 aromatic carbocycles. The normalized spacial score (nSPS) is 22.5. The first-order valence-electron chi connectivity index (χ1n) is 5.96. The summed E-state index contributed by atoms with van der Waals surface area (Å²) in [6, 6.07) is -1.07. The fourth-order valence-electron chi connectivity index (χ4n) is 1.94. The molecule has 2 rings (SSSR count). The number of carboxylic acid groups (broad SMARTS) is 1. The molecule has 8 heteroatoms. The molecule has 1 aliphatic rings. The van der Waals surface area contributed by atoms with Crippen molar-refractivity contribution in [1.29, 1.82) is 0 Å². The van der Waals surface area contributed by atoms with Gasteiger partial charge in [-0.05, 0) is 6.92 Å². The van der Waals surface area contributed by atoms with Gasteiger partial charge in [0.1, 0.15) is 6.04 Å². The number of amides is 2. The summed E-state index contributed by atoms with van der Waals surface area (Å²) in [7, 11) is 0. The molecule has 0 radical (unpaired) electrons. The fraction of sp³-hybridized carbons (Fsp3) is 0.545. The van der Waals surface area contributed by atoms with Crippen LogP contribution in [0.5, 0.6) is 0 Å². The Bertz CT molecular complexity index is 451. The average molecular weight is 284 g/mol. The number of hydrogen-bond acceptors (Lipinski definition) is 4. The van der Waals surface area contributed by atoms with E-state index in [4.69, 9.17) is 5.11 Å². The summed E-state index contributed by atoms with van der Waals surface area (Å²) in [5.74, 6) is -0.521. The molecule has 7 nitrogen and oxygen atoms in total. The first kappa shape index (κ1) is 13.7. The third-order valence-electron chi connectivity index (χ3n) is 2.95. The zero-order chi connectivity index (χ0) is 13.8. The van der Waals surface area contributed by atoms with Crippen molar-refractivity contribution in [1.82, 2.24) is 19.8 Å². The van der Waals surface area contributed by atoms with Gasteiger partial charge in [0.05, 0.1) is 11.7 Å². The Morgan fingerprint density at radius 1 is 1.58 bits per heavy atom. The van der Waals surface area contributed by atoms with Crippen LogP contribution >= 0.6 is 11.8 Å². The van der Waals surface area contributed by atoms with Crippen LogP contribution in [0.1, 0.15) is 6.92 Å². The molecule has 0 aliphatic carbocycles. The van der Waals surface area contributed by atoms with Crippen molar-refractivity contribution in [2.75, 3.05) is 12.3 Å². The van der Waals surface area contributed by atoms with Gasteiger partial charge in [-0.1, -0.05) is 0 Å². The lowest BCUT2D eigenvalue weighted by molar-refractivity contribution is -0.141. The maximum atomic E-state index is 12.0. The highest BCUT2D eigenvalue weighted by atomic mass is 32.2. The first-order valence-corrected chi connectivity index (χ1v) is 7.01. The van der Waals surface area contributed by atoms with Gasteiger partial charge in [-0.2, -0.15) is 0 Å². The SMILES string of the molecule is CC1SCC(C(=O)O)N1C(=O)NCCn1ccnc1. The zero-order valence-electron chi connectivity index (χ0n) is 10.5. The molecular weight excluding hydrogens is 268 g/mol. The van der Waals surface area contributed by atoms with E-state index in [0.29, 0.717) is 18.8 Å². The Balaban J connectivity index is 1.86. The van der Waals surface area contributed by atoms with E-state index in [1.54, 1.807) is 18.7 Å². The smallest absolute Gasteiger partial charge is 0.327 e. The van der Waals surface area contributed by atoms with Gasteiger partial charge in [0.2, 0.25) is 0 Å². The fourth-order valence-corrected chi connectivity index (χ4v) is 3.11. The molecule has 1 aromatic rings. The Labute approximate surface area is 115 Å². The number of rotatable bonds is 4. The molecular formula is C11H16N4O3S. The van der Waals surface area contributed by atoms with E-state index in [1.165, 1.54) is 16.7 Å². The molecule has 0 bridgehead atoms. The predicted molar refractivity (Wildman–Crippen MR) is 70.8 cm³/mol. The molecule has 2 unspecified atom stereocenters. The molecule has 1 saturated heterocycles. The second-order valence-electron chi connectivity index (χ2n) is 4.23. The van der Waals surface area contributed by atoms with E-state index >= 15 is 0 Å². The summed E-state index contributed by atoms with van der Waals surface area (Å²) in [5.41, 5.74) is 0. The number of thioether (sulfide) groups is 1. The second-order valence-corrected chi connectivity index (χ2v) is 5.58. The van der Waals surface area contributed by atoms with Gasteiger partial charge in [-0.15, -0.1) is 11.8 Å². The van der Waals surface area contributed by atoms with Crippen molar-refractivity contribution in [3.05, 3.63) is 18.7 Å². The third kappa shape index (κ3) is 3.19. The van der Waals surface area contributed by atoms with E-state index in [2.05, 4.69) is 10.3 Å². The van der Waals surface area contributed by atoms with E-state index in [9.17, 15) is 9.59 Å². The van der Waals surface area contributed by atoms with Gasteiger partial charge in [-0.25, -0.2) is 14.6 Å². The molecule has 0 spiro atoms. The summed E-state index contributed by atoms with van der Waals surface area (Å²) >= 11 is 1.47. The number of aliphatic carboxylic acids is 1. The Morgan fingerprint density at radius 2 is 2.37 bits per heavy atom. The second kappa shape index (κ2) is 5.96. The predicted octanol–water partition coefficient (Wildman–Crippen LogP) is 0.441. The van der Waals surface area contributed by atoms with Gasteiger partial charge in [0, 0.05) is 31.2 Å². The lowest BCUT2D eigenvalue weighted by Crippen LogP contribution is -2.49. The Morgan fingerprint density at radius 3 is 3.00 bits per heavy atom. The molecule has 19 heavy (non-hydrogen) atoms. The monoisotopic (exact) mass is 284 g/mol. The Hall–Kier alpha value is -1.70. The topological polar surface area (TPSA) is 87.5 Å². The quantitative estimate of drug-likeness (QED) is 0.837. The Kier molecular flexibility index (Phi) is 4.31. The van der Waals surface area contributed by atoms with Gasteiger partial charge in [-0.3, -0.25) is 4.90 Å². The van der Waals surface area contributed by atoms with E-state index in [-0.39, 0.29) is 11.4 Å². The molecule has 104 valence electrons. The highest BCUT2D eigenvalue weighted by Crippen LogP contribution is 2.28. The third-order valence-corrected chi connectivity index (χ3v) is 4.17. The van der Waals surface area contributed by atoms with Gasteiger partial charge in [0.15, 0.2) is 0 Å². The molecule has 2 amide bonds. The number of hydrogen-bond donors (Lipinski definition) is 2. The first-order chi connectivity index (χ1) is 9.09. The summed E-state index contributed by atoms with van der Waals surface area (Å²) in [5, 5.41) is 11.7. The molecule has 1 aromatic heterocycles. The summed E-state index contributed by atoms with van der Waals surface area (Å²) in [6.45, 7) is 2.89. The number of urea groups is 1. The number of nitrogens with one attached hydrogen (secondary N) is 1. The molecule has 0 saturated carbocycles. The number of carbonyl (C=O) groups is 2. The minimum absolute atomic E-state index is 0.116. The summed E-state index contributed by atoms with van der Waals surface area (Å²) in [6.07, 6.45) is 5.14. The number of nitrogens with zero attached hydrogens (tertiary/aromatic N) is 3. The van der Waals surface area contributed by atoms with Crippen molar-refractivity contribution < 1.29 is 14.7 Å². The van der Waals surface area contributed by atoms with Crippen molar-refractivity contribution >= 4 is 23.8 Å². The molecule has 2 atom stereocenters. The van der Waals surface area contributed by atoms with Crippen molar-refractivity contribution in [3.8, 4) is 0 Å². The van der Waals surface area contributed by atoms with E-state index in [1.807, 2.05) is 11.5 Å². The van der Waals surface area contributed by atoms with E-state index in [0.717, 1.165) is 0 Å². The van der Waals surface area contributed by atoms with Gasteiger partial charge < -0.3 is 15.0 Å². The minimum Gasteiger partial charge on any atom is -0.480 e. The average Bonchev–Trinajstić information content (AvgIpc) is 2.98. The van der Waals surface area contributed by atoms with Crippen LogP contribution in [-0.2, 0) is 11.3 Å². The number of carbonyl (C=O) groups excluding carboxylic acids is 1. The van der Waals surface area contributed by atoms with Crippen LogP contribution in [-0.4, -0.2) is 55.3 Å². The van der Waals surface area contributed by atoms with Crippen LogP contribution in [0.3, 0.4) is 0 Å². The summed E-state index contributed by atoms with van der Waals surface area (Å²) in [4.78, 5) is 28.4. The highest BCUT2D eigenvalue weighted by molar-refractivity contribution is 8.00. The van der Waals surface area contributed by atoms with Crippen LogP contribution in [0.25, 0.3) is 0 Å². The maximum absolute atomic E-state index is 12.0. The maximum Gasteiger partial charge on any atom is 0.327 e. The van der Waals surface area contributed by atoms with E-state index < -0.39 is 12.0 Å². The largest absolute Gasteiger partial charge is 0.480 e. The van der Waals surface area contributed by atoms with Crippen LogP contribution in [0.4, 0.5) is 4.79 Å². The molecule has 1 aliphatic heterocycles. The highest BCUT2D eigenvalue weighted by Gasteiger charge is 2.39. The minimum atomic E-state index is -0.957. The van der Waals surface area contributed by atoms with Crippen LogP contribution < -0.4 is 5.32 Å². The van der Waals surface area contributed by atoms with Crippen molar-refractivity contribution in [2.45, 2.75) is 24.9 Å². The van der Waals surface area contributed by atoms with Crippen LogP contribution in [0.15, 0.2) is 18.7 Å². The number of aromatic nitrogens is 2. The lowest BCUT2D eigenvalue weighted by atomic mass is 10.3. The number of carboxylic acids is 1. The molecule has 2 N–H and O–H groups in total. The van der Waals surface area contributed by atoms with Crippen molar-refractivity contribution in [3.63, 3.8) is 0 Å². The zero-order valence-corrected chi connectivity index (χ0v) is 11.3. The number of imidazole rings is 1. The van der Waals surface area contributed by atoms with Crippen molar-refractivity contribution in [2.24, 2.45) is 0 Å². The van der Waals surface area contributed by atoms with Gasteiger partial charge >= 0.3 is 12.0 Å².